The number of anilines is 2. The van der Waals surface area contributed by atoms with Crippen LogP contribution in [0, 0.1) is 12.0 Å². The number of ether oxygens (including phenoxy) is 1. The van der Waals surface area contributed by atoms with E-state index < -0.39 is 6.09 Å². The van der Waals surface area contributed by atoms with Crippen molar-refractivity contribution in [3.8, 4) is 12.0 Å². The lowest BCUT2D eigenvalue weighted by Gasteiger charge is -2.18. The molecular formula is C14H18ClN3O2. The highest BCUT2D eigenvalue weighted by molar-refractivity contribution is 5.95. The third-order valence-electron chi connectivity index (χ3n) is 2.56. The van der Waals surface area contributed by atoms with Gasteiger partial charge in [-0.2, -0.15) is 0 Å². The number of benzene rings is 1. The topological polar surface area (TPSA) is 53.9 Å². The Morgan fingerprint density at radius 3 is 2.45 bits per heavy atom. The average molecular weight is 296 g/mol. The second-order valence-electron chi connectivity index (χ2n) is 3.74. The molecule has 0 aromatic heterocycles. The number of carbonyl (C=O) groups excluding carboxylic acids is 1. The SMILES string of the molecule is CC#COC(=O)Nc1ccc(N(C)C(C)=NC)cc1.Cl. The van der Waals surface area contributed by atoms with Crippen LogP contribution in [0.4, 0.5) is 16.2 Å². The number of nitrogens with one attached hydrogen (secondary N) is 1. The van der Waals surface area contributed by atoms with Gasteiger partial charge in [-0.25, -0.2) is 4.79 Å². The number of nitrogens with zero attached hydrogens (tertiary/aromatic N) is 2. The fraction of sp³-hybridized carbons (Fsp3) is 0.286. The molecule has 0 radical (unpaired) electrons. The van der Waals surface area contributed by atoms with Crippen LogP contribution in [-0.2, 0) is 4.74 Å². The Bertz CT molecular complexity index is 530. The predicted molar refractivity (Wildman–Crippen MR) is 84.7 cm³/mol. The largest absolute Gasteiger partial charge is 0.425 e. The number of halogens is 1. The molecule has 0 saturated heterocycles. The van der Waals surface area contributed by atoms with Crippen molar-refractivity contribution in [2.24, 2.45) is 4.99 Å². The Morgan fingerprint density at radius 2 is 1.95 bits per heavy atom. The highest BCUT2D eigenvalue weighted by Gasteiger charge is 2.05. The molecule has 0 atom stereocenters. The van der Waals surface area contributed by atoms with E-state index in [-0.39, 0.29) is 12.4 Å². The van der Waals surface area contributed by atoms with Gasteiger partial charge in [-0.15, -0.1) is 12.4 Å². The van der Waals surface area contributed by atoms with Gasteiger partial charge in [-0.1, -0.05) is 5.92 Å². The van der Waals surface area contributed by atoms with Crippen molar-refractivity contribution < 1.29 is 9.53 Å². The third-order valence-corrected chi connectivity index (χ3v) is 2.56. The molecule has 108 valence electrons. The molecule has 0 aliphatic heterocycles. The first-order valence-electron chi connectivity index (χ1n) is 5.75. The van der Waals surface area contributed by atoms with Gasteiger partial charge in [-0.3, -0.25) is 10.3 Å². The first-order valence-corrected chi connectivity index (χ1v) is 5.75. The van der Waals surface area contributed by atoms with E-state index in [0.717, 1.165) is 11.5 Å². The normalized spacial score (nSPS) is 9.70. The second kappa shape index (κ2) is 8.83. The van der Waals surface area contributed by atoms with E-state index in [9.17, 15) is 4.79 Å². The number of aliphatic imine (C=N–C) groups is 1. The summed E-state index contributed by atoms with van der Waals surface area (Å²) in [4.78, 5) is 17.3. The predicted octanol–water partition coefficient (Wildman–Crippen LogP) is 3.12. The summed E-state index contributed by atoms with van der Waals surface area (Å²) >= 11 is 0. The van der Waals surface area contributed by atoms with E-state index in [1.54, 1.807) is 26.1 Å². The van der Waals surface area contributed by atoms with Crippen molar-refractivity contribution in [2.45, 2.75) is 13.8 Å². The van der Waals surface area contributed by atoms with E-state index in [1.165, 1.54) is 0 Å². The van der Waals surface area contributed by atoms with Crippen LogP contribution in [0.25, 0.3) is 0 Å². The molecule has 1 N–H and O–H groups in total. The molecule has 1 aromatic rings. The lowest BCUT2D eigenvalue weighted by atomic mass is 10.2. The number of rotatable bonds is 2. The summed E-state index contributed by atoms with van der Waals surface area (Å²) in [7, 11) is 3.67. The van der Waals surface area contributed by atoms with E-state index in [1.807, 2.05) is 31.0 Å². The first-order chi connectivity index (χ1) is 9.08. The number of carbonyl (C=O) groups is 1. The number of hydrogen-bond acceptors (Lipinski definition) is 3. The number of amidine groups is 1. The van der Waals surface area contributed by atoms with E-state index >= 15 is 0 Å². The van der Waals surface area contributed by atoms with Crippen LogP contribution in [-0.4, -0.2) is 26.0 Å². The summed E-state index contributed by atoms with van der Waals surface area (Å²) in [5.41, 5.74) is 1.63. The van der Waals surface area contributed by atoms with Crippen LogP contribution in [0.3, 0.4) is 0 Å². The average Bonchev–Trinajstić information content (AvgIpc) is 2.44. The molecule has 20 heavy (non-hydrogen) atoms. The molecule has 0 fully saturated rings. The van der Waals surface area contributed by atoms with Crippen LogP contribution in [0.2, 0.25) is 0 Å². The first kappa shape index (κ1) is 17.8. The minimum atomic E-state index is -0.596. The number of hydrogen-bond donors (Lipinski definition) is 1. The molecule has 0 aliphatic rings. The molecular weight excluding hydrogens is 278 g/mol. The van der Waals surface area contributed by atoms with E-state index in [4.69, 9.17) is 0 Å². The lowest BCUT2D eigenvalue weighted by molar-refractivity contribution is 0.207. The van der Waals surface area contributed by atoms with Gasteiger partial charge in [0.05, 0.1) is 5.84 Å². The lowest BCUT2D eigenvalue weighted by Crippen LogP contribution is -2.23. The molecule has 5 nitrogen and oxygen atoms in total. The molecule has 1 rings (SSSR count). The summed E-state index contributed by atoms with van der Waals surface area (Å²) < 4.78 is 4.59. The molecule has 0 aliphatic carbocycles. The Labute approximate surface area is 125 Å². The Hall–Kier alpha value is -2.19. The standard InChI is InChI=1S/C14H17N3O2.ClH/c1-5-10-19-14(18)16-12-6-8-13(9-7-12)17(4)11(2)15-3;/h6-9H,1-4H3,(H,16,18);1H. The van der Waals surface area contributed by atoms with Gasteiger partial charge in [-0.05, 0) is 31.2 Å². The molecule has 0 heterocycles. The zero-order chi connectivity index (χ0) is 14.3. The van der Waals surface area contributed by atoms with Crippen molar-refractivity contribution in [3.05, 3.63) is 24.3 Å². The van der Waals surface area contributed by atoms with Crippen LogP contribution in [0.15, 0.2) is 29.3 Å². The van der Waals surface area contributed by atoms with Crippen molar-refractivity contribution >= 4 is 35.7 Å². The van der Waals surface area contributed by atoms with Crippen molar-refractivity contribution in [1.82, 2.24) is 0 Å². The summed E-state index contributed by atoms with van der Waals surface area (Å²) in [6.45, 7) is 3.52. The van der Waals surface area contributed by atoms with Crippen molar-refractivity contribution in [2.75, 3.05) is 24.3 Å². The van der Waals surface area contributed by atoms with Gasteiger partial charge in [0.25, 0.3) is 0 Å². The quantitative estimate of drug-likeness (QED) is 0.518. The number of amides is 1. The summed E-state index contributed by atoms with van der Waals surface area (Å²) in [5, 5.41) is 2.57. The fourth-order valence-electron chi connectivity index (χ4n) is 1.35. The maximum atomic E-state index is 11.3. The summed E-state index contributed by atoms with van der Waals surface area (Å²) in [5.74, 6) is 3.38. The van der Waals surface area contributed by atoms with Gasteiger partial charge < -0.3 is 9.64 Å². The zero-order valence-electron chi connectivity index (χ0n) is 11.9. The van der Waals surface area contributed by atoms with Gasteiger partial charge >= 0.3 is 6.09 Å². The van der Waals surface area contributed by atoms with Crippen molar-refractivity contribution in [3.63, 3.8) is 0 Å². The maximum Gasteiger partial charge on any atom is 0.425 e. The van der Waals surface area contributed by atoms with Crippen molar-refractivity contribution in [1.29, 1.82) is 0 Å². The smallest absolute Gasteiger partial charge is 0.356 e. The van der Waals surface area contributed by atoms with Gasteiger partial charge in [0.15, 0.2) is 0 Å². The molecule has 0 unspecified atom stereocenters. The molecule has 0 saturated carbocycles. The highest BCUT2D eigenvalue weighted by Crippen LogP contribution is 2.17. The Kier molecular flexibility index (Phi) is 7.87. The summed E-state index contributed by atoms with van der Waals surface area (Å²) in [6.07, 6.45) is 1.64. The van der Waals surface area contributed by atoms with Crippen LogP contribution < -0.4 is 10.2 Å². The van der Waals surface area contributed by atoms with Crippen LogP contribution in [0.5, 0.6) is 0 Å². The fourth-order valence-corrected chi connectivity index (χ4v) is 1.35. The Morgan fingerprint density at radius 1 is 1.35 bits per heavy atom. The zero-order valence-corrected chi connectivity index (χ0v) is 12.7. The van der Waals surface area contributed by atoms with Crippen LogP contribution >= 0.6 is 12.4 Å². The third kappa shape index (κ3) is 5.21. The van der Waals surface area contributed by atoms with E-state index in [0.29, 0.717) is 5.69 Å². The maximum absolute atomic E-state index is 11.3. The molecule has 1 aromatic carbocycles. The Balaban J connectivity index is 0.00000361. The molecule has 0 bridgehead atoms. The minimum Gasteiger partial charge on any atom is -0.356 e. The summed E-state index contributed by atoms with van der Waals surface area (Å²) in [6, 6.07) is 7.34. The van der Waals surface area contributed by atoms with E-state index in [2.05, 4.69) is 27.1 Å². The highest BCUT2D eigenvalue weighted by atomic mass is 35.5. The van der Waals surface area contributed by atoms with Gasteiger partial charge in [0.2, 0.25) is 0 Å². The molecule has 6 heteroatoms. The minimum absolute atomic E-state index is 0. The van der Waals surface area contributed by atoms with Gasteiger partial charge in [0.1, 0.15) is 6.11 Å². The molecule has 1 amide bonds. The monoisotopic (exact) mass is 295 g/mol. The van der Waals surface area contributed by atoms with Crippen LogP contribution in [0.1, 0.15) is 13.8 Å². The molecule has 0 spiro atoms. The van der Waals surface area contributed by atoms with Gasteiger partial charge in [0, 0.05) is 32.4 Å². The second-order valence-corrected chi connectivity index (χ2v) is 3.74.